The molecular weight excluding hydrogens is 417 g/mol. The number of nitrogens with two attached hydrogens (primary N) is 1. The van der Waals surface area contributed by atoms with Gasteiger partial charge < -0.3 is 5.73 Å². The zero-order chi connectivity index (χ0) is 15.0. The van der Waals surface area contributed by atoms with Gasteiger partial charge in [0.25, 0.3) is 0 Å². The Hall–Kier alpha value is -1.30. The van der Waals surface area contributed by atoms with Gasteiger partial charge in [0.2, 0.25) is 0 Å². The number of nitrogens with one attached hydrogen (secondary N) is 1. The fraction of sp³-hybridized carbons (Fsp3) is 0. The Balaban J connectivity index is 2.21. The van der Waals surface area contributed by atoms with Gasteiger partial charge in [0, 0.05) is 19.5 Å². The molecule has 0 unspecified atom stereocenters. The molecule has 21 heavy (non-hydrogen) atoms. The molecule has 0 radical (unpaired) electrons. The Labute approximate surface area is 143 Å². The van der Waals surface area contributed by atoms with Crippen molar-refractivity contribution in [3.05, 3.63) is 56.4 Å². The van der Waals surface area contributed by atoms with E-state index < -0.39 is 0 Å². The first-order valence-electron chi connectivity index (χ1n) is 6.11. The molecule has 0 saturated carbocycles. The van der Waals surface area contributed by atoms with E-state index in [1.165, 1.54) is 0 Å². The zero-order valence-electron chi connectivity index (χ0n) is 10.7. The van der Waals surface area contributed by atoms with Gasteiger partial charge in [-0.3, -0.25) is 5.10 Å². The van der Waals surface area contributed by atoms with Crippen LogP contribution < -0.4 is 5.73 Å². The summed E-state index contributed by atoms with van der Waals surface area (Å²) in [6.45, 7) is 0. The lowest BCUT2D eigenvalue weighted by Crippen LogP contribution is -1.89. The van der Waals surface area contributed by atoms with Crippen molar-refractivity contribution in [3.8, 4) is 22.4 Å². The van der Waals surface area contributed by atoms with Crippen LogP contribution in [0.2, 0.25) is 5.02 Å². The van der Waals surface area contributed by atoms with Crippen LogP contribution in [0.4, 0.5) is 5.82 Å². The van der Waals surface area contributed by atoms with Crippen LogP contribution in [0.1, 0.15) is 0 Å². The topological polar surface area (TPSA) is 54.7 Å². The van der Waals surface area contributed by atoms with Crippen LogP contribution in [0.15, 0.2) is 51.4 Å². The molecule has 0 aliphatic rings. The Morgan fingerprint density at radius 3 is 2.48 bits per heavy atom. The van der Waals surface area contributed by atoms with E-state index in [0.29, 0.717) is 10.8 Å². The molecular formula is C15H10Br2ClN3. The molecule has 1 aromatic heterocycles. The second-order valence-electron chi connectivity index (χ2n) is 4.53. The predicted octanol–water partition coefficient (Wildman–Crippen LogP) is 5.50. The van der Waals surface area contributed by atoms with Gasteiger partial charge in [-0.1, -0.05) is 55.6 Å². The van der Waals surface area contributed by atoms with Crippen LogP contribution in [0.3, 0.4) is 0 Å². The fourth-order valence-corrected chi connectivity index (χ4v) is 3.46. The van der Waals surface area contributed by atoms with Gasteiger partial charge in [0.15, 0.2) is 5.82 Å². The Kier molecular flexibility index (Phi) is 4.06. The summed E-state index contributed by atoms with van der Waals surface area (Å²) in [5.74, 6) is 0.458. The summed E-state index contributed by atoms with van der Waals surface area (Å²) in [5.41, 5.74) is 9.65. The van der Waals surface area contributed by atoms with Crippen molar-refractivity contribution in [3.63, 3.8) is 0 Å². The smallest absolute Gasteiger partial charge is 0.153 e. The third-order valence-corrected chi connectivity index (χ3v) is 4.23. The first-order valence-corrected chi connectivity index (χ1v) is 8.07. The van der Waals surface area contributed by atoms with Crippen LogP contribution in [0, 0.1) is 0 Å². The molecule has 106 valence electrons. The van der Waals surface area contributed by atoms with Crippen molar-refractivity contribution in [2.75, 3.05) is 5.73 Å². The average Bonchev–Trinajstić information content (AvgIpc) is 2.79. The maximum atomic E-state index is 6.13. The molecule has 1 heterocycles. The number of H-pyrrole nitrogens is 1. The van der Waals surface area contributed by atoms with Gasteiger partial charge in [-0.25, -0.2) is 0 Å². The minimum absolute atomic E-state index is 0.458. The van der Waals surface area contributed by atoms with Crippen LogP contribution in [0.5, 0.6) is 0 Å². The van der Waals surface area contributed by atoms with Crippen molar-refractivity contribution in [1.82, 2.24) is 10.2 Å². The second kappa shape index (κ2) is 5.83. The Morgan fingerprint density at radius 1 is 1.00 bits per heavy atom. The van der Waals surface area contributed by atoms with Crippen molar-refractivity contribution >= 4 is 49.3 Å². The molecule has 3 aromatic rings. The van der Waals surface area contributed by atoms with Crippen LogP contribution in [-0.4, -0.2) is 10.2 Å². The van der Waals surface area contributed by atoms with Crippen molar-refractivity contribution < 1.29 is 0 Å². The van der Waals surface area contributed by atoms with Crippen molar-refractivity contribution in [1.29, 1.82) is 0 Å². The van der Waals surface area contributed by atoms with E-state index in [9.17, 15) is 0 Å². The first-order chi connectivity index (χ1) is 10.0. The highest BCUT2D eigenvalue weighted by molar-refractivity contribution is 9.10. The number of hydrogen-bond acceptors (Lipinski definition) is 2. The summed E-state index contributed by atoms with van der Waals surface area (Å²) >= 11 is 13.1. The summed E-state index contributed by atoms with van der Waals surface area (Å²) in [6, 6.07) is 13.6. The molecule has 0 amide bonds. The highest BCUT2D eigenvalue weighted by atomic mass is 79.9. The van der Waals surface area contributed by atoms with E-state index in [1.807, 2.05) is 42.5 Å². The number of anilines is 1. The molecule has 0 atom stereocenters. The maximum Gasteiger partial charge on any atom is 0.153 e. The SMILES string of the molecule is Nc1n[nH]c(-c2cc(Cl)cc(Br)c2)c1-c1cccc(Br)c1. The molecule has 0 spiro atoms. The average molecular weight is 428 g/mol. The summed E-state index contributed by atoms with van der Waals surface area (Å²) in [7, 11) is 0. The molecule has 2 aromatic carbocycles. The van der Waals surface area contributed by atoms with Gasteiger partial charge in [-0.15, -0.1) is 0 Å². The van der Waals surface area contributed by atoms with Crippen molar-refractivity contribution in [2.24, 2.45) is 0 Å². The lowest BCUT2D eigenvalue weighted by atomic mass is 10.0. The quantitative estimate of drug-likeness (QED) is 0.567. The number of benzene rings is 2. The Morgan fingerprint density at radius 2 is 1.76 bits per heavy atom. The van der Waals surface area contributed by atoms with Gasteiger partial charge >= 0.3 is 0 Å². The molecule has 3 N–H and O–H groups in total. The monoisotopic (exact) mass is 425 g/mol. The van der Waals surface area contributed by atoms with Crippen molar-refractivity contribution in [2.45, 2.75) is 0 Å². The van der Waals surface area contributed by atoms with E-state index in [2.05, 4.69) is 42.1 Å². The van der Waals surface area contributed by atoms with E-state index in [1.54, 1.807) is 0 Å². The number of aromatic nitrogens is 2. The first kappa shape index (κ1) is 14.6. The number of halogens is 3. The van der Waals surface area contributed by atoms with Crippen LogP contribution in [0.25, 0.3) is 22.4 Å². The van der Waals surface area contributed by atoms with Gasteiger partial charge in [0.05, 0.1) is 11.3 Å². The van der Waals surface area contributed by atoms with E-state index >= 15 is 0 Å². The fourth-order valence-electron chi connectivity index (χ4n) is 2.20. The van der Waals surface area contributed by atoms with E-state index in [0.717, 1.165) is 31.3 Å². The summed E-state index contributed by atoms with van der Waals surface area (Å²) in [4.78, 5) is 0. The van der Waals surface area contributed by atoms with Gasteiger partial charge in [-0.05, 0) is 35.9 Å². The molecule has 0 aliphatic carbocycles. The second-order valence-corrected chi connectivity index (χ2v) is 6.80. The number of nitrogen functional groups attached to an aromatic ring is 1. The lowest BCUT2D eigenvalue weighted by Gasteiger charge is -2.06. The third kappa shape index (κ3) is 3.00. The molecule has 3 rings (SSSR count). The third-order valence-electron chi connectivity index (χ3n) is 3.06. The predicted molar refractivity (Wildman–Crippen MR) is 94.3 cm³/mol. The number of aromatic amines is 1. The highest BCUT2D eigenvalue weighted by Crippen LogP contribution is 2.37. The molecule has 0 bridgehead atoms. The summed E-state index contributed by atoms with van der Waals surface area (Å²) in [6.07, 6.45) is 0. The van der Waals surface area contributed by atoms with Crippen LogP contribution >= 0.6 is 43.5 Å². The summed E-state index contributed by atoms with van der Waals surface area (Å²) < 4.78 is 1.89. The normalized spacial score (nSPS) is 10.8. The molecule has 0 aliphatic heterocycles. The Bertz CT molecular complexity index is 794. The van der Waals surface area contributed by atoms with E-state index in [4.69, 9.17) is 17.3 Å². The molecule has 6 heteroatoms. The van der Waals surface area contributed by atoms with E-state index in [-0.39, 0.29) is 0 Å². The number of rotatable bonds is 2. The number of nitrogens with zero attached hydrogens (tertiary/aromatic N) is 1. The molecule has 0 saturated heterocycles. The van der Waals surface area contributed by atoms with Crippen LogP contribution in [-0.2, 0) is 0 Å². The standard InChI is InChI=1S/C15H10Br2ClN3/c16-10-3-1-2-8(4-10)13-14(20-21-15(13)19)9-5-11(17)7-12(18)6-9/h1-7H,(H3,19,20,21). The minimum Gasteiger partial charge on any atom is -0.382 e. The highest BCUT2D eigenvalue weighted by Gasteiger charge is 2.15. The summed E-state index contributed by atoms with van der Waals surface area (Å²) in [5, 5.41) is 7.78. The van der Waals surface area contributed by atoms with Gasteiger partial charge in [0.1, 0.15) is 0 Å². The zero-order valence-corrected chi connectivity index (χ0v) is 14.6. The minimum atomic E-state index is 0.458. The number of hydrogen-bond donors (Lipinski definition) is 2. The lowest BCUT2D eigenvalue weighted by molar-refractivity contribution is 1.10. The molecule has 3 nitrogen and oxygen atoms in total. The largest absolute Gasteiger partial charge is 0.382 e. The van der Waals surface area contributed by atoms with Gasteiger partial charge in [-0.2, -0.15) is 5.10 Å². The maximum absolute atomic E-state index is 6.13. The molecule has 0 fully saturated rings.